The first-order chi connectivity index (χ1) is 30.0. The van der Waals surface area contributed by atoms with E-state index in [2.05, 4.69) is 43.5 Å². The third kappa shape index (κ3) is 47.7. The number of aliphatic hydroxyl groups is 2. The smallest absolute Gasteiger partial charge is 0.305 e. The molecule has 0 radical (unpaired) electrons. The van der Waals surface area contributed by atoms with E-state index in [0.717, 1.165) is 70.6 Å². The second-order valence-electron chi connectivity index (χ2n) is 18.6. The van der Waals surface area contributed by atoms with Crippen molar-refractivity contribution in [3.8, 4) is 0 Å². The van der Waals surface area contributed by atoms with E-state index in [-0.39, 0.29) is 18.5 Å². The van der Waals surface area contributed by atoms with Crippen LogP contribution in [0.4, 0.5) is 0 Å². The molecule has 1 amide bonds. The normalized spacial score (nSPS) is 12.8. The average molecular weight is 860 g/mol. The van der Waals surface area contributed by atoms with Crippen molar-refractivity contribution in [2.24, 2.45) is 0 Å². The van der Waals surface area contributed by atoms with Crippen LogP contribution >= 0.6 is 0 Å². The minimum atomic E-state index is -0.678. The fraction of sp³-hybridized carbons (Fsp3) is 0.891. The standard InChI is InChI=1S/C55H105NO5/c1-3-5-7-9-11-13-15-17-19-20-21-22-23-24-27-31-35-39-43-47-53(58)52(51-57)56-54(59)48-44-40-36-32-28-26-30-34-38-42-46-50-61-55(60)49-45-41-37-33-29-25-18-16-14-12-10-8-6-4-2/h10,12,16,18,52-53,57-58H,3-9,11,13-15,17,19-51H2,1-2H3,(H,56,59)/b12-10-,18-16-. The summed E-state index contributed by atoms with van der Waals surface area (Å²) in [6.45, 7) is 4.87. The van der Waals surface area contributed by atoms with Crippen LogP contribution in [0.1, 0.15) is 290 Å². The molecule has 0 spiro atoms. The SMILES string of the molecule is CCCC/C=C\C/C=C\CCCCCCCC(=O)OCCCCCCCCCCCCCC(=O)NC(CO)C(O)CCCCCCCCCCCCCCCCCCCCC. The zero-order valence-electron chi connectivity index (χ0n) is 40.9. The number of hydrogen-bond donors (Lipinski definition) is 3. The van der Waals surface area contributed by atoms with E-state index in [0.29, 0.717) is 25.9 Å². The summed E-state index contributed by atoms with van der Waals surface area (Å²) in [7, 11) is 0. The lowest BCUT2D eigenvalue weighted by atomic mass is 10.0. The number of aliphatic hydroxyl groups excluding tert-OH is 2. The first-order valence-corrected chi connectivity index (χ1v) is 27.1. The summed E-state index contributed by atoms with van der Waals surface area (Å²) in [6.07, 6.45) is 60.0. The predicted octanol–water partition coefficient (Wildman–Crippen LogP) is 16.3. The van der Waals surface area contributed by atoms with Gasteiger partial charge in [-0.05, 0) is 51.4 Å². The number of esters is 1. The van der Waals surface area contributed by atoms with Crippen molar-refractivity contribution in [3.05, 3.63) is 24.3 Å². The van der Waals surface area contributed by atoms with Gasteiger partial charge in [-0.2, -0.15) is 0 Å². The van der Waals surface area contributed by atoms with Gasteiger partial charge in [-0.3, -0.25) is 9.59 Å². The molecule has 6 nitrogen and oxygen atoms in total. The maximum absolute atomic E-state index is 12.5. The largest absolute Gasteiger partial charge is 0.466 e. The van der Waals surface area contributed by atoms with Gasteiger partial charge in [0.05, 0.1) is 25.4 Å². The monoisotopic (exact) mass is 860 g/mol. The van der Waals surface area contributed by atoms with Gasteiger partial charge in [0, 0.05) is 12.8 Å². The van der Waals surface area contributed by atoms with Gasteiger partial charge in [0.1, 0.15) is 0 Å². The molecule has 0 saturated carbocycles. The first kappa shape index (κ1) is 59.3. The van der Waals surface area contributed by atoms with Crippen molar-refractivity contribution >= 4 is 11.9 Å². The average Bonchev–Trinajstić information content (AvgIpc) is 3.26. The molecule has 0 aliphatic carbocycles. The van der Waals surface area contributed by atoms with E-state index in [1.165, 1.54) is 186 Å². The molecular formula is C55H105NO5. The summed E-state index contributed by atoms with van der Waals surface area (Å²) in [5.41, 5.74) is 0. The van der Waals surface area contributed by atoms with E-state index in [9.17, 15) is 19.8 Å². The third-order valence-electron chi connectivity index (χ3n) is 12.5. The molecule has 360 valence electrons. The molecular weight excluding hydrogens is 755 g/mol. The first-order valence-electron chi connectivity index (χ1n) is 27.1. The summed E-state index contributed by atoms with van der Waals surface area (Å²) in [5, 5.41) is 23.3. The molecule has 0 bridgehead atoms. The number of allylic oxidation sites excluding steroid dienone is 4. The van der Waals surface area contributed by atoms with Gasteiger partial charge < -0.3 is 20.3 Å². The number of ether oxygens (including phenoxy) is 1. The molecule has 0 aromatic heterocycles. The summed E-state index contributed by atoms with van der Waals surface area (Å²) in [6, 6.07) is -0.557. The molecule has 0 aliphatic rings. The Morgan fingerprint density at radius 1 is 0.459 bits per heavy atom. The Balaban J connectivity index is 3.48. The van der Waals surface area contributed by atoms with Gasteiger partial charge in [-0.1, -0.05) is 250 Å². The fourth-order valence-corrected chi connectivity index (χ4v) is 8.30. The third-order valence-corrected chi connectivity index (χ3v) is 12.5. The molecule has 3 N–H and O–H groups in total. The topological polar surface area (TPSA) is 95.9 Å². The fourth-order valence-electron chi connectivity index (χ4n) is 8.30. The van der Waals surface area contributed by atoms with Crippen LogP contribution in [-0.4, -0.2) is 47.4 Å². The second kappa shape index (κ2) is 51.0. The molecule has 0 saturated heterocycles. The van der Waals surface area contributed by atoms with Crippen molar-refractivity contribution < 1.29 is 24.5 Å². The van der Waals surface area contributed by atoms with Crippen LogP contribution in [0.3, 0.4) is 0 Å². The van der Waals surface area contributed by atoms with Crippen LogP contribution in [0.2, 0.25) is 0 Å². The van der Waals surface area contributed by atoms with Crippen molar-refractivity contribution in [1.82, 2.24) is 5.32 Å². The number of carbonyl (C=O) groups excluding carboxylic acids is 2. The number of unbranched alkanes of at least 4 members (excludes halogenated alkanes) is 35. The lowest BCUT2D eigenvalue weighted by molar-refractivity contribution is -0.143. The maximum Gasteiger partial charge on any atom is 0.305 e. The van der Waals surface area contributed by atoms with Gasteiger partial charge in [0.25, 0.3) is 0 Å². The molecule has 0 aromatic carbocycles. The van der Waals surface area contributed by atoms with E-state index in [1.807, 2.05) is 0 Å². The van der Waals surface area contributed by atoms with E-state index in [1.54, 1.807) is 0 Å². The summed E-state index contributed by atoms with van der Waals surface area (Å²) in [5.74, 6) is -0.0807. The van der Waals surface area contributed by atoms with Crippen molar-refractivity contribution in [2.75, 3.05) is 13.2 Å². The van der Waals surface area contributed by atoms with E-state index in [4.69, 9.17) is 4.74 Å². The lowest BCUT2D eigenvalue weighted by Gasteiger charge is -2.22. The van der Waals surface area contributed by atoms with Crippen molar-refractivity contribution in [3.63, 3.8) is 0 Å². The highest BCUT2D eigenvalue weighted by atomic mass is 16.5. The summed E-state index contributed by atoms with van der Waals surface area (Å²) < 4.78 is 5.45. The van der Waals surface area contributed by atoms with Crippen molar-refractivity contribution in [2.45, 2.75) is 302 Å². The Bertz CT molecular complexity index is 951. The van der Waals surface area contributed by atoms with Gasteiger partial charge >= 0.3 is 5.97 Å². The van der Waals surface area contributed by atoms with Gasteiger partial charge in [0.15, 0.2) is 0 Å². The quantitative estimate of drug-likeness (QED) is 0.0322. The Kier molecular flexibility index (Phi) is 49.6. The van der Waals surface area contributed by atoms with Gasteiger partial charge in [-0.25, -0.2) is 0 Å². The van der Waals surface area contributed by atoms with Crippen LogP contribution in [-0.2, 0) is 14.3 Å². The molecule has 0 heterocycles. The molecule has 2 unspecified atom stereocenters. The zero-order valence-corrected chi connectivity index (χ0v) is 40.9. The van der Waals surface area contributed by atoms with Crippen LogP contribution in [0, 0.1) is 0 Å². The lowest BCUT2D eigenvalue weighted by Crippen LogP contribution is -2.45. The molecule has 0 rings (SSSR count). The number of amides is 1. The van der Waals surface area contributed by atoms with Crippen molar-refractivity contribution in [1.29, 1.82) is 0 Å². The second-order valence-corrected chi connectivity index (χ2v) is 18.6. The molecule has 2 atom stereocenters. The Morgan fingerprint density at radius 2 is 0.836 bits per heavy atom. The predicted molar refractivity (Wildman–Crippen MR) is 264 cm³/mol. The summed E-state index contributed by atoms with van der Waals surface area (Å²) >= 11 is 0. The summed E-state index contributed by atoms with van der Waals surface area (Å²) in [4.78, 5) is 24.5. The van der Waals surface area contributed by atoms with Gasteiger partial charge in [0.2, 0.25) is 5.91 Å². The minimum absolute atomic E-state index is 0.0278. The Labute approximate surface area is 380 Å². The van der Waals surface area contributed by atoms with E-state index >= 15 is 0 Å². The number of carbonyl (C=O) groups is 2. The Morgan fingerprint density at radius 3 is 1.30 bits per heavy atom. The number of nitrogens with one attached hydrogen (secondary N) is 1. The molecule has 6 heteroatoms. The molecule has 0 aliphatic heterocycles. The maximum atomic E-state index is 12.5. The number of rotatable bonds is 50. The zero-order chi connectivity index (χ0) is 44.4. The Hall–Kier alpha value is -1.66. The highest BCUT2D eigenvalue weighted by Crippen LogP contribution is 2.17. The number of hydrogen-bond acceptors (Lipinski definition) is 5. The highest BCUT2D eigenvalue weighted by Gasteiger charge is 2.20. The van der Waals surface area contributed by atoms with E-state index < -0.39 is 12.1 Å². The van der Waals surface area contributed by atoms with Crippen LogP contribution in [0.25, 0.3) is 0 Å². The van der Waals surface area contributed by atoms with Crippen LogP contribution in [0.5, 0.6) is 0 Å². The molecule has 0 aromatic rings. The van der Waals surface area contributed by atoms with Gasteiger partial charge in [-0.15, -0.1) is 0 Å². The molecule has 0 fully saturated rings. The van der Waals surface area contributed by atoms with Crippen LogP contribution in [0.15, 0.2) is 24.3 Å². The highest BCUT2D eigenvalue weighted by molar-refractivity contribution is 5.76. The van der Waals surface area contributed by atoms with Crippen LogP contribution < -0.4 is 5.32 Å². The molecule has 61 heavy (non-hydrogen) atoms. The minimum Gasteiger partial charge on any atom is -0.466 e.